The van der Waals surface area contributed by atoms with Crippen LogP contribution >= 0.6 is 12.4 Å². The molecule has 1 fully saturated rings. The van der Waals surface area contributed by atoms with Gasteiger partial charge in [0.25, 0.3) is 0 Å². The predicted octanol–water partition coefficient (Wildman–Crippen LogP) is 1.23. The summed E-state index contributed by atoms with van der Waals surface area (Å²) in [5, 5.41) is 3.37. The summed E-state index contributed by atoms with van der Waals surface area (Å²) in [5.74, 6) is 0. The van der Waals surface area contributed by atoms with E-state index in [1.807, 2.05) is 18.7 Å². The van der Waals surface area contributed by atoms with Crippen LogP contribution in [0.15, 0.2) is 18.7 Å². The Balaban J connectivity index is 0.000000720. The maximum atomic E-state index is 4.03. The fourth-order valence-electron chi connectivity index (χ4n) is 1.57. The average molecular weight is 188 g/mol. The average Bonchev–Trinajstić information content (AvgIpc) is 2.58. The van der Waals surface area contributed by atoms with Gasteiger partial charge in [0.15, 0.2) is 0 Å². The Kier molecular flexibility index (Phi) is 3.56. The summed E-state index contributed by atoms with van der Waals surface area (Å²) in [6.45, 7) is 2.27. The first-order valence-electron chi connectivity index (χ1n) is 4.15. The van der Waals surface area contributed by atoms with Gasteiger partial charge in [-0.05, 0) is 19.4 Å². The van der Waals surface area contributed by atoms with Crippen LogP contribution in [0.4, 0.5) is 0 Å². The second kappa shape index (κ2) is 4.48. The zero-order valence-electron chi connectivity index (χ0n) is 6.94. The number of hydrogen-bond donors (Lipinski definition) is 1. The summed E-state index contributed by atoms with van der Waals surface area (Å²) in [6, 6.07) is 0.631. The van der Waals surface area contributed by atoms with Gasteiger partial charge < -0.3 is 9.88 Å². The third kappa shape index (κ3) is 1.99. The summed E-state index contributed by atoms with van der Waals surface area (Å²) in [4.78, 5) is 4.03. The zero-order valence-corrected chi connectivity index (χ0v) is 7.76. The Hall–Kier alpha value is -0.540. The van der Waals surface area contributed by atoms with Gasteiger partial charge in [-0.25, -0.2) is 4.98 Å². The lowest BCUT2D eigenvalue weighted by atomic mass is 10.1. The second-order valence-corrected chi connectivity index (χ2v) is 3.01. The lowest BCUT2D eigenvalue weighted by Crippen LogP contribution is -2.31. The maximum Gasteiger partial charge on any atom is 0.0948 e. The normalized spacial score (nSPS) is 23.2. The van der Waals surface area contributed by atoms with E-state index in [0.717, 1.165) is 6.54 Å². The molecule has 0 aromatic carbocycles. The maximum absolute atomic E-state index is 4.03. The molecule has 0 radical (unpaired) electrons. The fourth-order valence-corrected chi connectivity index (χ4v) is 1.57. The fraction of sp³-hybridized carbons (Fsp3) is 0.625. The lowest BCUT2D eigenvalue weighted by molar-refractivity contribution is 0.371. The number of nitrogens with one attached hydrogen (secondary N) is 1. The Labute approximate surface area is 78.6 Å². The Morgan fingerprint density at radius 3 is 3.00 bits per heavy atom. The molecule has 1 aliphatic rings. The molecule has 0 saturated carbocycles. The largest absolute Gasteiger partial charge is 0.333 e. The van der Waals surface area contributed by atoms with Gasteiger partial charge in [-0.3, -0.25) is 0 Å². The van der Waals surface area contributed by atoms with E-state index in [1.165, 1.54) is 19.4 Å². The summed E-state index contributed by atoms with van der Waals surface area (Å²) in [7, 11) is 0. The van der Waals surface area contributed by atoms with E-state index in [9.17, 15) is 0 Å². The van der Waals surface area contributed by atoms with Gasteiger partial charge in [0.05, 0.1) is 6.33 Å². The zero-order chi connectivity index (χ0) is 7.52. The van der Waals surface area contributed by atoms with Crippen molar-refractivity contribution in [1.82, 2.24) is 14.9 Å². The highest BCUT2D eigenvalue weighted by Gasteiger charge is 2.12. The van der Waals surface area contributed by atoms with Crippen LogP contribution in [-0.4, -0.2) is 22.6 Å². The summed E-state index contributed by atoms with van der Waals surface area (Å²) in [6.07, 6.45) is 8.34. The van der Waals surface area contributed by atoms with E-state index in [1.54, 1.807) is 0 Å². The van der Waals surface area contributed by atoms with Crippen LogP contribution < -0.4 is 5.32 Å². The standard InChI is InChI=1S/C8H13N3.ClH/c1-2-8(6-9-3-1)11-5-4-10-7-11;/h4-5,7-9H,1-3,6H2;1H. The molecule has 1 N–H and O–H groups in total. The third-order valence-corrected chi connectivity index (χ3v) is 2.22. The Morgan fingerprint density at radius 1 is 1.50 bits per heavy atom. The molecule has 1 unspecified atom stereocenters. The second-order valence-electron chi connectivity index (χ2n) is 3.01. The molecule has 1 aliphatic heterocycles. The minimum atomic E-state index is 0. The van der Waals surface area contributed by atoms with Crippen molar-refractivity contribution in [3.05, 3.63) is 18.7 Å². The number of imidazole rings is 1. The first-order chi connectivity index (χ1) is 5.47. The van der Waals surface area contributed by atoms with Gasteiger partial charge in [0.1, 0.15) is 0 Å². The van der Waals surface area contributed by atoms with Crippen molar-refractivity contribution in [2.45, 2.75) is 18.9 Å². The molecule has 2 heterocycles. The molecule has 1 saturated heterocycles. The minimum Gasteiger partial charge on any atom is -0.333 e. The van der Waals surface area contributed by atoms with Crippen LogP contribution in [-0.2, 0) is 0 Å². The topological polar surface area (TPSA) is 29.9 Å². The number of rotatable bonds is 1. The van der Waals surface area contributed by atoms with Gasteiger partial charge in [-0.2, -0.15) is 0 Å². The van der Waals surface area contributed by atoms with Crippen molar-refractivity contribution in [2.24, 2.45) is 0 Å². The third-order valence-electron chi connectivity index (χ3n) is 2.22. The van der Waals surface area contributed by atoms with Crippen molar-refractivity contribution in [3.63, 3.8) is 0 Å². The summed E-state index contributed by atoms with van der Waals surface area (Å²) >= 11 is 0. The molecule has 68 valence electrons. The van der Waals surface area contributed by atoms with Crippen molar-refractivity contribution >= 4 is 12.4 Å². The van der Waals surface area contributed by atoms with E-state index in [-0.39, 0.29) is 12.4 Å². The molecular formula is C8H14ClN3. The molecule has 2 rings (SSSR count). The molecule has 4 heteroatoms. The van der Waals surface area contributed by atoms with Crippen LogP contribution in [0.3, 0.4) is 0 Å². The molecule has 0 bridgehead atoms. The van der Waals surface area contributed by atoms with Gasteiger partial charge in [0.2, 0.25) is 0 Å². The molecule has 12 heavy (non-hydrogen) atoms. The quantitative estimate of drug-likeness (QED) is 0.717. The molecular weight excluding hydrogens is 174 g/mol. The van der Waals surface area contributed by atoms with E-state index in [0.29, 0.717) is 6.04 Å². The van der Waals surface area contributed by atoms with Crippen molar-refractivity contribution in [1.29, 1.82) is 0 Å². The SMILES string of the molecule is Cl.c1cn(C2CCCNC2)cn1. The molecule has 3 nitrogen and oxygen atoms in total. The lowest BCUT2D eigenvalue weighted by Gasteiger charge is -2.23. The highest BCUT2D eigenvalue weighted by Crippen LogP contribution is 2.14. The molecule has 1 aromatic heterocycles. The number of halogens is 1. The number of nitrogens with zero attached hydrogens (tertiary/aromatic N) is 2. The van der Waals surface area contributed by atoms with Gasteiger partial charge in [-0.15, -0.1) is 12.4 Å². The van der Waals surface area contributed by atoms with E-state index >= 15 is 0 Å². The van der Waals surface area contributed by atoms with Crippen LogP contribution in [0.1, 0.15) is 18.9 Å². The van der Waals surface area contributed by atoms with Gasteiger partial charge >= 0.3 is 0 Å². The molecule has 1 atom stereocenters. The highest BCUT2D eigenvalue weighted by atomic mass is 35.5. The Morgan fingerprint density at radius 2 is 2.42 bits per heavy atom. The van der Waals surface area contributed by atoms with Crippen LogP contribution in [0.25, 0.3) is 0 Å². The first-order valence-corrected chi connectivity index (χ1v) is 4.15. The van der Waals surface area contributed by atoms with E-state index in [4.69, 9.17) is 0 Å². The molecule has 0 aliphatic carbocycles. The number of aromatic nitrogens is 2. The smallest absolute Gasteiger partial charge is 0.0948 e. The van der Waals surface area contributed by atoms with Gasteiger partial charge in [-0.1, -0.05) is 0 Å². The van der Waals surface area contributed by atoms with Crippen LogP contribution in [0, 0.1) is 0 Å². The van der Waals surface area contributed by atoms with Gasteiger partial charge in [0, 0.05) is 25.0 Å². The minimum absolute atomic E-state index is 0. The first kappa shape index (κ1) is 9.55. The van der Waals surface area contributed by atoms with E-state index in [2.05, 4.69) is 14.9 Å². The summed E-state index contributed by atoms with van der Waals surface area (Å²) in [5.41, 5.74) is 0. The van der Waals surface area contributed by atoms with Crippen molar-refractivity contribution in [2.75, 3.05) is 13.1 Å². The highest BCUT2D eigenvalue weighted by molar-refractivity contribution is 5.85. The van der Waals surface area contributed by atoms with Crippen LogP contribution in [0.2, 0.25) is 0 Å². The van der Waals surface area contributed by atoms with Crippen LogP contribution in [0.5, 0.6) is 0 Å². The number of hydrogen-bond acceptors (Lipinski definition) is 2. The number of piperidine rings is 1. The monoisotopic (exact) mass is 187 g/mol. The predicted molar refractivity (Wildman–Crippen MR) is 50.6 cm³/mol. The van der Waals surface area contributed by atoms with Crippen molar-refractivity contribution < 1.29 is 0 Å². The van der Waals surface area contributed by atoms with Crippen molar-refractivity contribution in [3.8, 4) is 0 Å². The Bertz CT molecular complexity index is 204. The molecule has 0 spiro atoms. The molecule has 0 amide bonds. The summed E-state index contributed by atoms with van der Waals surface area (Å²) < 4.78 is 2.19. The molecule has 1 aromatic rings. The van der Waals surface area contributed by atoms with E-state index < -0.39 is 0 Å².